The molecule has 1 aliphatic carbocycles. The summed E-state index contributed by atoms with van der Waals surface area (Å²) in [5.74, 6) is 0.118. The highest BCUT2D eigenvalue weighted by Gasteiger charge is 2.26. The lowest BCUT2D eigenvalue weighted by molar-refractivity contribution is -0.136. The molecule has 5 heteroatoms. The standard InChI is InChI=1S/C17H23NO3.ClH/c18-11-13-3-8-15(9-4-13)17(21)14-6-1-12(2-7-14)5-10-16(19)20;/h1-2,6-7,13,15H,3-5,8-11,18H2,(H,19,20);1H. The molecule has 0 heterocycles. The molecule has 0 spiro atoms. The molecule has 0 amide bonds. The van der Waals surface area contributed by atoms with Gasteiger partial charge in [-0.2, -0.15) is 0 Å². The molecule has 1 aromatic carbocycles. The maximum atomic E-state index is 12.4. The Kier molecular flexibility index (Phi) is 7.56. The second-order valence-corrected chi connectivity index (χ2v) is 5.91. The van der Waals surface area contributed by atoms with E-state index in [0.717, 1.165) is 43.4 Å². The van der Waals surface area contributed by atoms with Crippen LogP contribution in [0.2, 0.25) is 0 Å². The number of carboxylic acid groups (broad SMARTS) is 1. The molecule has 1 saturated carbocycles. The predicted octanol–water partition coefficient (Wildman–Crippen LogP) is 3.07. The smallest absolute Gasteiger partial charge is 0.303 e. The SMILES string of the molecule is Cl.NCC1CCC(C(=O)c2ccc(CCC(=O)O)cc2)CC1. The van der Waals surface area contributed by atoms with E-state index in [1.54, 1.807) is 0 Å². The molecular weight excluding hydrogens is 302 g/mol. The summed E-state index contributed by atoms with van der Waals surface area (Å²) >= 11 is 0. The van der Waals surface area contributed by atoms with Crippen molar-refractivity contribution in [1.82, 2.24) is 0 Å². The summed E-state index contributed by atoms with van der Waals surface area (Å²) in [4.78, 5) is 23.0. The second kappa shape index (κ2) is 8.91. The van der Waals surface area contributed by atoms with Crippen LogP contribution in [0.5, 0.6) is 0 Å². The van der Waals surface area contributed by atoms with Gasteiger partial charge in [0.15, 0.2) is 5.78 Å². The first-order valence-electron chi connectivity index (χ1n) is 7.65. The van der Waals surface area contributed by atoms with Crippen LogP contribution in [0.4, 0.5) is 0 Å². The van der Waals surface area contributed by atoms with Crippen molar-refractivity contribution in [3.63, 3.8) is 0 Å². The van der Waals surface area contributed by atoms with E-state index in [4.69, 9.17) is 10.8 Å². The van der Waals surface area contributed by atoms with Crippen LogP contribution in [0.15, 0.2) is 24.3 Å². The number of benzene rings is 1. The fourth-order valence-corrected chi connectivity index (χ4v) is 2.98. The first-order chi connectivity index (χ1) is 10.1. The highest BCUT2D eigenvalue weighted by molar-refractivity contribution is 5.97. The van der Waals surface area contributed by atoms with Gasteiger partial charge in [0.25, 0.3) is 0 Å². The number of carbonyl (C=O) groups excluding carboxylic acids is 1. The van der Waals surface area contributed by atoms with Crippen molar-refractivity contribution in [2.75, 3.05) is 6.54 Å². The van der Waals surface area contributed by atoms with Gasteiger partial charge in [0.05, 0.1) is 0 Å². The topological polar surface area (TPSA) is 80.4 Å². The maximum absolute atomic E-state index is 12.4. The summed E-state index contributed by atoms with van der Waals surface area (Å²) in [7, 11) is 0. The van der Waals surface area contributed by atoms with Crippen LogP contribution >= 0.6 is 12.4 Å². The molecule has 122 valence electrons. The summed E-state index contributed by atoms with van der Waals surface area (Å²) < 4.78 is 0. The average molecular weight is 326 g/mol. The first-order valence-corrected chi connectivity index (χ1v) is 7.65. The molecule has 1 aromatic rings. The Hall–Kier alpha value is -1.39. The third-order valence-electron chi connectivity index (χ3n) is 4.42. The predicted molar refractivity (Wildman–Crippen MR) is 88.5 cm³/mol. The van der Waals surface area contributed by atoms with Gasteiger partial charge in [0.2, 0.25) is 0 Å². The van der Waals surface area contributed by atoms with Gasteiger partial charge in [-0.1, -0.05) is 24.3 Å². The normalized spacial score (nSPS) is 21.0. The number of ketones is 1. The first kappa shape index (κ1) is 18.7. The highest BCUT2D eigenvalue weighted by Crippen LogP contribution is 2.30. The quantitative estimate of drug-likeness (QED) is 0.788. The lowest BCUT2D eigenvalue weighted by Crippen LogP contribution is -2.25. The molecule has 0 bridgehead atoms. The van der Waals surface area contributed by atoms with Gasteiger partial charge in [-0.3, -0.25) is 9.59 Å². The van der Waals surface area contributed by atoms with E-state index in [2.05, 4.69) is 0 Å². The van der Waals surface area contributed by atoms with Crippen LogP contribution < -0.4 is 5.73 Å². The summed E-state index contributed by atoms with van der Waals surface area (Å²) in [5, 5.41) is 8.67. The van der Waals surface area contributed by atoms with Gasteiger partial charge in [0, 0.05) is 17.9 Å². The molecule has 0 unspecified atom stereocenters. The number of aryl methyl sites for hydroxylation is 1. The Balaban J connectivity index is 0.00000242. The molecule has 0 aliphatic heterocycles. The lowest BCUT2D eigenvalue weighted by Gasteiger charge is -2.26. The Bertz CT molecular complexity index is 493. The van der Waals surface area contributed by atoms with Crippen molar-refractivity contribution in [3.8, 4) is 0 Å². The maximum Gasteiger partial charge on any atom is 0.303 e. The average Bonchev–Trinajstić information content (AvgIpc) is 2.53. The van der Waals surface area contributed by atoms with E-state index in [-0.39, 0.29) is 30.5 Å². The Morgan fingerprint density at radius 3 is 2.18 bits per heavy atom. The second-order valence-electron chi connectivity index (χ2n) is 5.91. The van der Waals surface area contributed by atoms with Gasteiger partial charge >= 0.3 is 5.97 Å². The Morgan fingerprint density at radius 2 is 1.68 bits per heavy atom. The molecule has 2 rings (SSSR count). The largest absolute Gasteiger partial charge is 0.481 e. The summed E-state index contributed by atoms with van der Waals surface area (Å²) in [6, 6.07) is 7.38. The number of carboxylic acids is 1. The molecule has 1 aliphatic rings. The summed E-state index contributed by atoms with van der Waals surface area (Å²) in [5.41, 5.74) is 7.38. The monoisotopic (exact) mass is 325 g/mol. The molecular formula is C17H24ClNO3. The van der Waals surface area contributed by atoms with Crippen LogP contribution in [0, 0.1) is 11.8 Å². The molecule has 0 radical (unpaired) electrons. The zero-order valence-corrected chi connectivity index (χ0v) is 13.5. The van der Waals surface area contributed by atoms with E-state index < -0.39 is 5.97 Å². The van der Waals surface area contributed by atoms with E-state index in [0.29, 0.717) is 12.3 Å². The molecule has 0 aromatic heterocycles. The van der Waals surface area contributed by atoms with Crippen LogP contribution in [-0.4, -0.2) is 23.4 Å². The third kappa shape index (κ3) is 5.11. The van der Waals surface area contributed by atoms with Gasteiger partial charge < -0.3 is 10.8 Å². The van der Waals surface area contributed by atoms with Crippen molar-refractivity contribution in [1.29, 1.82) is 0 Å². The fourth-order valence-electron chi connectivity index (χ4n) is 2.98. The van der Waals surface area contributed by atoms with E-state index >= 15 is 0 Å². The van der Waals surface area contributed by atoms with Crippen LogP contribution in [-0.2, 0) is 11.2 Å². The molecule has 1 fully saturated rings. The highest BCUT2D eigenvalue weighted by atomic mass is 35.5. The van der Waals surface area contributed by atoms with Crippen molar-refractivity contribution < 1.29 is 14.7 Å². The number of aliphatic carboxylic acids is 1. The zero-order valence-electron chi connectivity index (χ0n) is 12.7. The van der Waals surface area contributed by atoms with Gasteiger partial charge in [-0.05, 0) is 50.1 Å². The van der Waals surface area contributed by atoms with Gasteiger partial charge in [-0.25, -0.2) is 0 Å². The van der Waals surface area contributed by atoms with Crippen molar-refractivity contribution >= 4 is 24.2 Å². The number of Topliss-reactive ketones (excluding diaryl/α,β-unsaturated/α-hetero) is 1. The van der Waals surface area contributed by atoms with Crippen LogP contribution in [0.3, 0.4) is 0 Å². The minimum absolute atomic E-state index is 0. The lowest BCUT2D eigenvalue weighted by atomic mass is 9.78. The molecule has 3 N–H and O–H groups in total. The number of halogens is 1. The van der Waals surface area contributed by atoms with Gasteiger partial charge in [-0.15, -0.1) is 12.4 Å². The molecule has 22 heavy (non-hydrogen) atoms. The third-order valence-corrected chi connectivity index (χ3v) is 4.42. The molecule has 4 nitrogen and oxygen atoms in total. The van der Waals surface area contributed by atoms with Crippen molar-refractivity contribution in [3.05, 3.63) is 35.4 Å². The molecule has 0 saturated heterocycles. The number of hydrogen-bond donors (Lipinski definition) is 2. The number of carbonyl (C=O) groups is 2. The van der Waals surface area contributed by atoms with E-state index in [9.17, 15) is 9.59 Å². The zero-order chi connectivity index (χ0) is 15.2. The van der Waals surface area contributed by atoms with Crippen LogP contribution in [0.1, 0.15) is 48.0 Å². The Morgan fingerprint density at radius 1 is 1.09 bits per heavy atom. The summed E-state index contributed by atoms with van der Waals surface area (Å²) in [6.45, 7) is 0.721. The fraction of sp³-hybridized carbons (Fsp3) is 0.529. The summed E-state index contributed by atoms with van der Waals surface area (Å²) in [6.07, 6.45) is 4.58. The van der Waals surface area contributed by atoms with Crippen molar-refractivity contribution in [2.45, 2.75) is 38.5 Å². The van der Waals surface area contributed by atoms with Crippen LogP contribution in [0.25, 0.3) is 0 Å². The Labute approximate surface area is 137 Å². The van der Waals surface area contributed by atoms with E-state index in [1.165, 1.54) is 0 Å². The molecule has 0 atom stereocenters. The number of nitrogens with two attached hydrogens (primary N) is 1. The van der Waals surface area contributed by atoms with Crippen molar-refractivity contribution in [2.24, 2.45) is 17.6 Å². The minimum atomic E-state index is -0.799. The van der Waals surface area contributed by atoms with Gasteiger partial charge in [0.1, 0.15) is 0 Å². The van der Waals surface area contributed by atoms with E-state index in [1.807, 2.05) is 24.3 Å². The minimum Gasteiger partial charge on any atom is -0.481 e. The number of rotatable bonds is 6. The number of hydrogen-bond acceptors (Lipinski definition) is 3.